The van der Waals surface area contributed by atoms with Gasteiger partial charge in [0.1, 0.15) is 0 Å². The summed E-state index contributed by atoms with van der Waals surface area (Å²) in [7, 11) is 0. The van der Waals surface area contributed by atoms with Crippen molar-refractivity contribution in [3.63, 3.8) is 0 Å². The molecule has 1 heterocycles. The molecule has 1 rings (SSSR count). The van der Waals surface area contributed by atoms with Gasteiger partial charge in [0.2, 0.25) is 0 Å². The highest BCUT2D eigenvalue weighted by atomic mass is 15.2. The van der Waals surface area contributed by atoms with Crippen molar-refractivity contribution in [2.24, 2.45) is 22.7 Å². The molecular formula is C13H26N2. The fourth-order valence-corrected chi connectivity index (χ4v) is 2.81. The molecule has 0 aliphatic carbocycles. The highest BCUT2D eigenvalue weighted by Crippen LogP contribution is 2.31. The van der Waals surface area contributed by atoms with E-state index in [2.05, 4.69) is 52.8 Å². The fraction of sp³-hybridized carbons (Fsp3) is 0.923. The minimum Gasteiger partial charge on any atom is -0.360 e. The molecule has 3 atom stereocenters. The highest BCUT2D eigenvalue weighted by Gasteiger charge is 2.35. The molecule has 88 valence electrons. The molecule has 0 aromatic rings. The molecule has 0 bridgehead atoms. The molecule has 0 aromatic heterocycles. The van der Waals surface area contributed by atoms with Gasteiger partial charge in [-0.2, -0.15) is 0 Å². The first-order valence-corrected chi connectivity index (χ1v) is 6.28. The molecular weight excluding hydrogens is 184 g/mol. The van der Waals surface area contributed by atoms with E-state index < -0.39 is 0 Å². The third-order valence-electron chi connectivity index (χ3n) is 3.68. The third kappa shape index (κ3) is 2.53. The van der Waals surface area contributed by atoms with E-state index in [1.165, 1.54) is 0 Å². The molecule has 2 heteroatoms. The summed E-state index contributed by atoms with van der Waals surface area (Å²) < 4.78 is 0. The second-order valence-electron chi connectivity index (χ2n) is 5.39. The van der Waals surface area contributed by atoms with Crippen molar-refractivity contribution in [2.45, 2.75) is 53.6 Å². The van der Waals surface area contributed by atoms with Crippen molar-refractivity contribution in [3.05, 3.63) is 0 Å². The van der Waals surface area contributed by atoms with Crippen molar-refractivity contribution in [1.82, 2.24) is 4.90 Å². The van der Waals surface area contributed by atoms with Crippen LogP contribution in [0.1, 0.15) is 41.5 Å². The predicted octanol–water partition coefficient (Wildman–Crippen LogP) is 3.04. The van der Waals surface area contributed by atoms with Crippen LogP contribution in [0.3, 0.4) is 0 Å². The smallest absolute Gasteiger partial charge is 0.0855 e. The lowest BCUT2D eigenvalue weighted by Gasteiger charge is -2.43. The monoisotopic (exact) mass is 210 g/mol. The average Bonchev–Trinajstić information content (AvgIpc) is 2.16. The minimum atomic E-state index is 0.503. The maximum atomic E-state index is 4.74. The van der Waals surface area contributed by atoms with E-state index in [9.17, 15) is 0 Å². The highest BCUT2D eigenvalue weighted by molar-refractivity contribution is 5.57. The summed E-state index contributed by atoms with van der Waals surface area (Å²) in [6.07, 6.45) is 2.06. The van der Waals surface area contributed by atoms with Crippen LogP contribution in [0.5, 0.6) is 0 Å². The predicted molar refractivity (Wildman–Crippen MR) is 67.3 cm³/mol. The molecule has 1 aliphatic heterocycles. The largest absolute Gasteiger partial charge is 0.360 e. The van der Waals surface area contributed by atoms with Gasteiger partial charge < -0.3 is 4.90 Å². The van der Waals surface area contributed by atoms with Crippen molar-refractivity contribution in [3.8, 4) is 0 Å². The zero-order chi connectivity index (χ0) is 11.6. The molecule has 0 radical (unpaired) electrons. The molecule has 0 fully saturated rings. The maximum absolute atomic E-state index is 4.74. The van der Waals surface area contributed by atoms with Gasteiger partial charge in [0.05, 0.1) is 12.4 Å². The average molecular weight is 210 g/mol. The summed E-state index contributed by atoms with van der Waals surface area (Å²) in [6.45, 7) is 14.8. The standard InChI is InChI=1S/C13H26N2/c1-7-15-8-14-13(10(4)5)12(9(2)3)11(15)6/h8-13H,7H2,1-6H3/t11-,12?,13?/m1/s1. The topological polar surface area (TPSA) is 15.6 Å². The van der Waals surface area contributed by atoms with Gasteiger partial charge in [-0.3, -0.25) is 4.99 Å². The summed E-state index contributed by atoms with van der Waals surface area (Å²) in [6, 6.07) is 1.13. The van der Waals surface area contributed by atoms with E-state index in [0.29, 0.717) is 29.8 Å². The molecule has 0 aromatic carbocycles. The zero-order valence-corrected chi connectivity index (χ0v) is 11.1. The van der Waals surface area contributed by atoms with Crippen molar-refractivity contribution in [1.29, 1.82) is 0 Å². The number of nitrogens with zero attached hydrogens (tertiary/aromatic N) is 2. The van der Waals surface area contributed by atoms with Gasteiger partial charge in [-0.05, 0) is 25.7 Å². The molecule has 0 amide bonds. The Bertz CT molecular complexity index is 221. The van der Waals surface area contributed by atoms with E-state index in [0.717, 1.165) is 6.54 Å². The molecule has 15 heavy (non-hydrogen) atoms. The third-order valence-corrected chi connectivity index (χ3v) is 3.68. The van der Waals surface area contributed by atoms with Gasteiger partial charge >= 0.3 is 0 Å². The second-order valence-corrected chi connectivity index (χ2v) is 5.39. The summed E-state index contributed by atoms with van der Waals surface area (Å²) in [5.41, 5.74) is 0. The van der Waals surface area contributed by atoms with Crippen molar-refractivity contribution in [2.75, 3.05) is 6.54 Å². The molecule has 0 spiro atoms. The number of hydrogen-bond acceptors (Lipinski definition) is 2. The van der Waals surface area contributed by atoms with Gasteiger partial charge in [0.25, 0.3) is 0 Å². The first-order chi connectivity index (χ1) is 6.99. The van der Waals surface area contributed by atoms with E-state index in [4.69, 9.17) is 4.99 Å². The first-order valence-electron chi connectivity index (χ1n) is 6.28. The molecule has 0 saturated carbocycles. The number of rotatable bonds is 3. The van der Waals surface area contributed by atoms with Crippen LogP contribution in [0.4, 0.5) is 0 Å². The van der Waals surface area contributed by atoms with Crippen molar-refractivity contribution < 1.29 is 0 Å². The Balaban J connectivity index is 2.90. The lowest BCUT2D eigenvalue weighted by molar-refractivity contribution is 0.139. The SMILES string of the molecule is CCN1C=NC(C(C)C)C(C(C)C)[C@H]1C. The van der Waals surface area contributed by atoms with Crippen LogP contribution in [0.2, 0.25) is 0 Å². The molecule has 0 N–H and O–H groups in total. The van der Waals surface area contributed by atoms with Crippen LogP contribution in [-0.4, -0.2) is 29.9 Å². The first kappa shape index (κ1) is 12.5. The van der Waals surface area contributed by atoms with Gasteiger partial charge in [-0.1, -0.05) is 27.7 Å². The summed E-state index contributed by atoms with van der Waals surface area (Å²) in [5, 5.41) is 0. The Hall–Kier alpha value is -0.530. The fourth-order valence-electron chi connectivity index (χ4n) is 2.81. The zero-order valence-electron chi connectivity index (χ0n) is 11.1. The Kier molecular flexibility index (Phi) is 4.18. The van der Waals surface area contributed by atoms with Crippen LogP contribution < -0.4 is 0 Å². The lowest BCUT2D eigenvalue weighted by atomic mass is 9.77. The van der Waals surface area contributed by atoms with Crippen LogP contribution in [0.25, 0.3) is 0 Å². The van der Waals surface area contributed by atoms with Crippen LogP contribution in [-0.2, 0) is 0 Å². The number of hydrogen-bond donors (Lipinski definition) is 0. The van der Waals surface area contributed by atoms with E-state index >= 15 is 0 Å². The second kappa shape index (κ2) is 5.00. The van der Waals surface area contributed by atoms with Crippen LogP contribution >= 0.6 is 0 Å². The van der Waals surface area contributed by atoms with Gasteiger partial charge in [0, 0.05) is 18.5 Å². The summed E-state index contributed by atoms with van der Waals surface area (Å²) >= 11 is 0. The van der Waals surface area contributed by atoms with Crippen molar-refractivity contribution >= 4 is 6.34 Å². The minimum absolute atomic E-state index is 0.503. The quantitative estimate of drug-likeness (QED) is 0.699. The molecule has 2 nitrogen and oxygen atoms in total. The van der Waals surface area contributed by atoms with Gasteiger partial charge in [0.15, 0.2) is 0 Å². The van der Waals surface area contributed by atoms with Crippen LogP contribution in [0, 0.1) is 17.8 Å². The molecule has 0 saturated heterocycles. The van der Waals surface area contributed by atoms with E-state index in [-0.39, 0.29) is 0 Å². The summed E-state index contributed by atoms with van der Waals surface area (Å²) in [4.78, 5) is 7.10. The Morgan fingerprint density at radius 2 is 1.80 bits per heavy atom. The van der Waals surface area contributed by atoms with Gasteiger partial charge in [-0.15, -0.1) is 0 Å². The normalized spacial score (nSPS) is 31.7. The Morgan fingerprint density at radius 1 is 1.20 bits per heavy atom. The Labute approximate surface area is 94.8 Å². The lowest BCUT2D eigenvalue weighted by Crippen LogP contribution is -2.49. The Morgan fingerprint density at radius 3 is 2.20 bits per heavy atom. The maximum Gasteiger partial charge on any atom is 0.0855 e. The number of aliphatic imine (C=N–C) groups is 1. The van der Waals surface area contributed by atoms with E-state index in [1.807, 2.05) is 0 Å². The molecule has 1 aliphatic rings. The van der Waals surface area contributed by atoms with Gasteiger partial charge in [-0.25, -0.2) is 0 Å². The van der Waals surface area contributed by atoms with E-state index in [1.54, 1.807) is 0 Å². The van der Waals surface area contributed by atoms with Crippen LogP contribution in [0.15, 0.2) is 4.99 Å². The summed E-state index contributed by atoms with van der Waals surface area (Å²) in [5.74, 6) is 2.05. The molecule has 2 unspecified atom stereocenters.